The van der Waals surface area contributed by atoms with Crippen molar-refractivity contribution in [3.8, 4) is 11.8 Å². The van der Waals surface area contributed by atoms with Gasteiger partial charge in [0, 0.05) is 6.04 Å². The van der Waals surface area contributed by atoms with Crippen molar-refractivity contribution in [2.75, 3.05) is 0 Å². The Morgan fingerprint density at radius 3 is 2.45 bits per heavy atom. The Morgan fingerprint density at radius 1 is 1.18 bits per heavy atom. The first-order valence-corrected chi connectivity index (χ1v) is 7.46. The SMILES string of the molecule is CC(C)n1c(C#Cc2nc(Cl)ncc2Cl)cnc1C(C)(C)O. The predicted molar refractivity (Wildman–Crippen MR) is 85.9 cm³/mol. The fourth-order valence-corrected chi connectivity index (χ4v) is 2.26. The van der Waals surface area contributed by atoms with Crippen molar-refractivity contribution in [3.63, 3.8) is 0 Å². The quantitative estimate of drug-likeness (QED) is 0.674. The Kier molecular flexibility index (Phi) is 4.76. The van der Waals surface area contributed by atoms with Crippen LogP contribution in [0, 0.1) is 11.8 Å². The molecule has 2 rings (SSSR count). The lowest BCUT2D eigenvalue weighted by Gasteiger charge is -2.21. The zero-order valence-corrected chi connectivity index (χ0v) is 14.2. The predicted octanol–water partition coefficient (Wildman–Crippen LogP) is 3.19. The molecule has 0 unspecified atom stereocenters. The van der Waals surface area contributed by atoms with Crippen molar-refractivity contribution in [1.29, 1.82) is 0 Å². The van der Waals surface area contributed by atoms with Crippen LogP contribution < -0.4 is 0 Å². The third-order valence-corrected chi connectivity index (χ3v) is 3.34. The van der Waals surface area contributed by atoms with Gasteiger partial charge < -0.3 is 9.67 Å². The summed E-state index contributed by atoms with van der Waals surface area (Å²) in [5.74, 6) is 6.40. The largest absolute Gasteiger partial charge is 0.383 e. The van der Waals surface area contributed by atoms with Gasteiger partial charge in [-0.1, -0.05) is 11.6 Å². The molecule has 2 heterocycles. The average molecular weight is 339 g/mol. The van der Waals surface area contributed by atoms with Gasteiger partial charge in [0.25, 0.3) is 0 Å². The summed E-state index contributed by atoms with van der Waals surface area (Å²) in [4.78, 5) is 12.0. The van der Waals surface area contributed by atoms with Gasteiger partial charge in [-0.25, -0.2) is 15.0 Å². The number of nitrogens with zero attached hydrogens (tertiary/aromatic N) is 4. The summed E-state index contributed by atoms with van der Waals surface area (Å²) in [5.41, 5.74) is -0.0408. The van der Waals surface area contributed by atoms with Crippen molar-refractivity contribution in [3.05, 3.63) is 39.9 Å². The highest BCUT2D eigenvalue weighted by atomic mass is 35.5. The molecular formula is C15H16Cl2N4O. The Bertz CT molecular complexity index is 751. The molecule has 0 saturated carbocycles. The minimum atomic E-state index is -1.06. The van der Waals surface area contributed by atoms with E-state index in [9.17, 15) is 5.11 Å². The lowest BCUT2D eigenvalue weighted by Crippen LogP contribution is -2.23. The van der Waals surface area contributed by atoms with Gasteiger partial charge in [0.05, 0.1) is 17.4 Å². The Morgan fingerprint density at radius 2 is 1.86 bits per heavy atom. The van der Waals surface area contributed by atoms with Crippen LogP contribution in [0.15, 0.2) is 12.4 Å². The summed E-state index contributed by atoms with van der Waals surface area (Å²) < 4.78 is 1.88. The molecule has 0 bridgehead atoms. The van der Waals surface area contributed by atoms with Crippen molar-refractivity contribution < 1.29 is 5.11 Å². The number of hydrogen-bond acceptors (Lipinski definition) is 4. The molecule has 0 atom stereocenters. The molecule has 0 aliphatic heterocycles. The number of aromatic nitrogens is 4. The first-order chi connectivity index (χ1) is 10.2. The van der Waals surface area contributed by atoms with Crippen LogP contribution in [0.25, 0.3) is 0 Å². The van der Waals surface area contributed by atoms with Gasteiger partial charge in [-0.2, -0.15) is 0 Å². The highest BCUT2D eigenvalue weighted by Crippen LogP contribution is 2.23. The van der Waals surface area contributed by atoms with Crippen LogP contribution in [-0.2, 0) is 5.60 Å². The van der Waals surface area contributed by atoms with Crippen LogP contribution in [0.5, 0.6) is 0 Å². The van der Waals surface area contributed by atoms with E-state index < -0.39 is 5.60 Å². The monoisotopic (exact) mass is 338 g/mol. The van der Waals surface area contributed by atoms with Crippen LogP contribution in [0.2, 0.25) is 10.3 Å². The molecule has 22 heavy (non-hydrogen) atoms. The Balaban J connectivity index is 2.50. The maximum absolute atomic E-state index is 10.2. The van der Waals surface area contributed by atoms with Crippen LogP contribution in [0.1, 0.15) is 50.9 Å². The van der Waals surface area contributed by atoms with E-state index in [1.54, 1.807) is 20.0 Å². The molecule has 0 amide bonds. The minimum Gasteiger partial charge on any atom is -0.383 e. The summed E-state index contributed by atoms with van der Waals surface area (Å²) in [7, 11) is 0. The summed E-state index contributed by atoms with van der Waals surface area (Å²) in [6.45, 7) is 7.37. The smallest absolute Gasteiger partial charge is 0.223 e. The molecule has 2 aromatic rings. The summed E-state index contributed by atoms with van der Waals surface area (Å²) in [5, 5.41) is 10.6. The van der Waals surface area contributed by atoms with E-state index in [1.807, 2.05) is 18.4 Å². The average Bonchev–Trinajstić information content (AvgIpc) is 2.84. The molecule has 0 aromatic carbocycles. The standard InChI is InChI=1S/C15H16Cl2N4O/c1-9(2)21-10(7-18-13(21)15(3,4)22)5-6-12-11(16)8-19-14(17)20-12/h7-9,22H,1-4H3. The molecule has 0 radical (unpaired) electrons. The summed E-state index contributed by atoms with van der Waals surface area (Å²) in [6, 6.07) is 0.0951. The molecule has 0 spiro atoms. The van der Waals surface area contributed by atoms with Gasteiger partial charge in [0.15, 0.2) is 0 Å². The van der Waals surface area contributed by atoms with Crippen molar-refractivity contribution in [1.82, 2.24) is 19.5 Å². The number of aliphatic hydroxyl groups is 1. The molecule has 0 aliphatic carbocycles. The lowest BCUT2D eigenvalue weighted by molar-refractivity contribution is 0.0635. The molecule has 1 N–H and O–H groups in total. The van der Waals surface area contributed by atoms with Crippen LogP contribution in [0.4, 0.5) is 0 Å². The zero-order chi connectivity index (χ0) is 16.5. The third-order valence-electron chi connectivity index (χ3n) is 2.88. The highest BCUT2D eigenvalue weighted by molar-refractivity contribution is 6.32. The van der Waals surface area contributed by atoms with Gasteiger partial charge in [0.1, 0.15) is 22.8 Å². The number of rotatable bonds is 2. The first-order valence-electron chi connectivity index (χ1n) is 6.70. The molecule has 2 aromatic heterocycles. The molecule has 0 fully saturated rings. The lowest BCUT2D eigenvalue weighted by atomic mass is 10.1. The molecule has 0 aliphatic rings. The van der Waals surface area contributed by atoms with Gasteiger partial charge in [-0.05, 0) is 51.1 Å². The van der Waals surface area contributed by atoms with E-state index in [4.69, 9.17) is 23.2 Å². The van der Waals surface area contributed by atoms with E-state index in [-0.39, 0.29) is 11.3 Å². The number of hydrogen-bond donors (Lipinski definition) is 1. The van der Waals surface area contributed by atoms with Crippen molar-refractivity contribution in [2.24, 2.45) is 0 Å². The van der Waals surface area contributed by atoms with Gasteiger partial charge >= 0.3 is 0 Å². The second kappa shape index (κ2) is 6.25. The molecule has 0 saturated heterocycles. The topological polar surface area (TPSA) is 63.8 Å². The second-order valence-corrected chi connectivity index (χ2v) is 6.32. The number of imidazole rings is 1. The highest BCUT2D eigenvalue weighted by Gasteiger charge is 2.25. The van der Waals surface area contributed by atoms with E-state index in [2.05, 4.69) is 26.8 Å². The van der Waals surface area contributed by atoms with Crippen molar-refractivity contribution >= 4 is 23.2 Å². The minimum absolute atomic E-state index is 0.0863. The Hall–Kier alpha value is -1.61. The molecule has 7 heteroatoms. The molecule has 5 nitrogen and oxygen atoms in total. The van der Waals surface area contributed by atoms with Gasteiger partial charge in [0.2, 0.25) is 5.28 Å². The molecular weight excluding hydrogens is 323 g/mol. The first kappa shape index (κ1) is 16.8. The van der Waals surface area contributed by atoms with Crippen LogP contribution in [-0.4, -0.2) is 24.6 Å². The van der Waals surface area contributed by atoms with Crippen LogP contribution >= 0.6 is 23.2 Å². The normalized spacial score (nSPS) is 11.5. The summed E-state index contributed by atoms with van der Waals surface area (Å²) >= 11 is 11.7. The van der Waals surface area contributed by atoms with Gasteiger partial charge in [-0.15, -0.1) is 0 Å². The Labute approximate surface area is 139 Å². The van der Waals surface area contributed by atoms with E-state index >= 15 is 0 Å². The number of halogens is 2. The van der Waals surface area contributed by atoms with Crippen LogP contribution in [0.3, 0.4) is 0 Å². The maximum Gasteiger partial charge on any atom is 0.223 e. The maximum atomic E-state index is 10.2. The third kappa shape index (κ3) is 3.58. The van der Waals surface area contributed by atoms with E-state index in [0.29, 0.717) is 22.2 Å². The second-order valence-electron chi connectivity index (χ2n) is 5.58. The molecule has 116 valence electrons. The van der Waals surface area contributed by atoms with Gasteiger partial charge in [-0.3, -0.25) is 0 Å². The van der Waals surface area contributed by atoms with E-state index in [1.165, 1.54) is 6.20 Å². The van der Waals surface area contributed by atoms with E-state index in [0.717, 1.165) is 0 Å². The summed E-state index contributed by atoms with van der Waals surface area (Å²) in [6.07, 6.45) is 3.03. The zero-order valence-electron chi connectivity index (χ0n) is 12.7. The fourth-order valence-electron chi connectivity index (χ4n) is 1.99. The fraction of sp³-hybridized carbons (Fsp3) is 0.400. The van der Waals surface area contributed by atoms with Crippen molar-refractivity contribution in [2.45, 2.75) is 39.3 Å².